The number of rotatable bonds is 2. The highest BCUT2D eigenvalue weighted by Gasteiger charge is 2.16. The fraction of sp³-hybridized carbons (Fsp3) is 0. The van der Waals surface area contributed by atoms with E-state index in [4.69, 9.17) is 11.6 Å². The van der Waals surface area contributed by atoms with Gasteiger partial charge in [0.2, 0.25) is 0 Å². The molecule has 0 fully saturated rings. The highest BCUT2D eigenvalue weighted by Crippen LogP contribution is 2.26. The molecule has 0 atom stereocenters. The molecule has 0 aliphatic heterocycles. The van der Waals surface area contributed by atoms with Gasteiger partial charge in [-0.05, 0) is 48.0 Å². The van der Waals surface area contributed by atoms with Crippen molar-refractivity contribution in [3.63, 3.8) is 0 Å². The van der Waals surface area contributed by atoms with E-state index in [0.29, 0.717) is 0 Å². The Bertz CT molecular complexity index is 341. The zero-order chi connectivity index (χ0) is 9.80. The monoisotopic (exact) mass is 201 g/mol. The molecule has 1 heteroatoms. The Kier molecular flexibility index (Phi) is 2.76. The van der Waals surface area contributed by atoms with Gasteiger partial charge in [-0.1, -0.05) is 0 Å². The minimum atomic E-state index is 0.797. The Morgan fingerprint density at radius 3 is 1.36 bits per heavy atom. The summed E-state index contributed by atoms with van der Waals surface area (Å²) >= 11 is 6.25. The molecule has 0 bridgehead atoms. The van der Waals surface area contributed by atoms with Gasteiger partial charge < -0.3 is 0 Å². The molecule has 2 aromatic rings. The van der Waals surface area contributed by atoms with Crippen LogP contribution in [0, 0.1) is 5.38 Å². The van der Waals surface area contributed by atoms with Crippen molar-refractivity contribution in [1.82, 2.24) is 0 Å². The van der Waals surface area contributed by atoms with E-state index < -0.39 is 0 Å². The normalized spacial score (nSPS) is 9.79. The van der Waals surface area contributed by atoms with Gasteiger partial charge >= 0.3 is 0 Å². The third kappa shape index (κ3) is 1.91. The minimum absolute atomic E-state index is 0.797. The molecular formula is C13H10Cl+. The first-order chi connectivity index (χ1) is 6.88. The molecule has 0 unspecified atom stereocenters. The SMILES string of the molecule is Cl[C+](c1ccccc1)c1ccccc1. The topological polar surface area (TPSA) is 0 Å². The van der Waals surface area contributed by atoms with E-state index in [-0.39, 0.29) is 0 Å². The van der Waals surface area contributed by atoms with Crippen molar-refractivity contribution in [3.8, 4) is 0 Å². The molecule has 0 N–H and O–H groups in total. The predicted molar refractivity (Wildman–Crippen MR) is 60.2 cm³/mol. The molecule has 0 saturated heterocycles. The quantitative estimate of drug-likeness (QED) is 0.648. The van der Waals surface area contributed by atoms with Crippen molar-refractivity contribution >= 4 is 11.6 Å². The zero-order valence-corrected chi connectivity index (χ0v) is 8.41. The highest BCUT2D eigenvalue weighted by molar-refractivity contribution is 6.31. The van der Waals surface area contributed by atoms with Gasteiger partial charge in [-0.2, -0.15) is 0 Å². The molecule has 0 aliphatic carbocycles. The van der Waals surface area contributed by atoms with Crippen LogP contribution in [-0.2, 0) is 0 Å². The first-order valence-electron chi connectivity index (χ1n) is 4.51. The molecule has 0 nitrogen and oxygen atoms in total. The van der Waals surface area contributed by atoms with Crippen molar-refractivity contribution in [1.29, 1.82) is 0 Å². The van der Waals surface area contributed by atoms with Crippen LogP contribution < -0.4 is 0 Å². The first kappa shape index (κ1) is 9.17. The van der Waals surface area contributed by atoms with E-state index >= 15 is 0 Å². The second-order valence-corrected chi connectivity index (χ2v) is 3.42. The van der Waals surface area contributed by atoms with Gasteiger partial charge in [0.1, 0.15) is 5.38 Å². The van der Waals surface area contributed by atoms with Crippen LogP contribution in [0.3, 0.4) is 0 Å². The van der Waals surface area contributed by atoms with Gasteiger partial charge in [-0.3, -0.25) is 0 Å². The summed E-state index contributed by atoms with van der Waals surface area (Å²) in [6, 6.07) is 20.0. The van der Waals surface area contributed by atoms with E-state index in [0.717, 1.165) is 16.5 Å². The van der Waals surface area contributed by atoms with E-state index in [1.807, 2.05) is 60.7 Å². The Morgan fingerprint density at radius 1 is 0.643 bits per heavy atom. The summed E-state index contributed by atoms with van der Waals surface area (Å²) in [6.07, 6.45) is 0. The maximum Gasteiger partial charge on any atom is 0.134 e. The van der Waals surface area contributed by atoms with Gasteiger partial charge in [-0.25, -0.2) is 0 Å². The van der Waals surface area contributed by atoms with Crippen LogP contribution >= 0.6 is 11.6 Å². The zero-order valence-electron chi connectivity index (χ0n) is 7.65. The highest BCUT2D eigenvalue weighted by atomic mass is 35.5. The van der Waals surface area contributed by atoms with Gasteiger partial charge in [0, 0.05) is 24.3 Å². The molecule has 68 valence electrons. The third-order valence-corrected chi connectivity index (χ3v) is 2.49. The third-order valence-electron chi connectivity index (χ3n) is 2.05. The van der Waals surface area contributed by atoms with Gasteiger partial charge in [-0.15, -0.1) is 0 Å². The second-order valence-electron chi connectivity index (χ2n) is 3.05. The summed E-state index contributed by atoms with van der Waals surface area (Å²) < 4.78 is 0. The Morgan fingerprint density at radius 2 is 1.00 bits per heavy atom. The van der Waals surface area contributed by atoms with E-state index in [2.05, 4.69) is 0 Å². The summed E-state index contributed by atoms with van der Waals surface area (Å²) in [5.41, 5.74) is 2.11. The summed E-state index contributed by atoms with van der Waals surface area (Å²) in [5.74, 6) is 0. The van der Waals surface area contributed by atoms with Gasteiger partial charge in [0.15, 0.2) is 0 Å². The average Bonchev–Trinajstić information content (AvgIpc) is 2.30. The van der Waals surface area contributed by atoms with Crippen LogP contribution in [0.4, 0.5) is 0 Å². The van der Waals surface area contributed by atoms with Gasteiger partial charge in [0.25, 0.3) is 0 Å². The van der Waals surface area contributed by atoms with Crippen LogP contribution in [0.25, 0.3) is 0 Å². The van der Waals surface area contributed by atoms with Crippen molar-refractivity contribution in [3.05, 3.63) is 77.2 Å². The van der Waals surface area contributed by atoms with Crippen molar-refractivity contribution in [2.24, 2.45) is 0 Å². The lowest BCUT2D eigenvalue weighted by Crippen LogP contribution is -1.92. The minimum Gasteiger partial charge on any atom is -0.0465 e. The Hall–Kier alpha value is -1.40. The maximum absolute atomic E-state index is 6.25. The van der Waals surface area contributed by atoms with E-state index in [1.165, 1.54) is 0 Å². The smallest absolute Gasteiger partial charge is 0.0465 e. The summed E-state index contributed by atoms with van der Waals surface area (Å²) in [5, 5.41) is 0.797. The molecule has 0 saturated carbocycles. The largest absolute Gasteiger partial charge is 0.134 e. The summed E-state index contributed by atoms with van der Waals surface area (Å²) in [6.45, 7) is 0. The maximum atomic E-state index is 6.25. The molecule has 0 heterocycles. The molecule has 0 spiro atoms. The van der Waals surface area contributed by atoms with Crippen molar-refractivity contribution < 1.29 is 0 Å². The van der Waals surface area contributed by atoms with Crippen LogP contribution in [0.1, 0.15) is 11.1 Å². The van der Waals surface area contributed by atoms with Gasteiger partial charge in [0.05, 0.1) is 11.1 Å². The Labute approximate surface area is 89.2 Å². The summed E-state index contributed by atoms with van der Waals surface area (Å²) in [4.78, 5) is 0. The second kappa shape index (κ2) is 4.21. The number of hydrogen-bond acceptors (Lipinski definition) is 0. The molecule has 0 amide bonds. The fourth-order valence-electron chi connectivity index (χ4n) is 1.34. The van der Waals surface area contributed by atoms with Crippen LogP contribution in [-0.4, -0.2) is 0 Å². The fourth-order valence-corrected chi connectivity index (χ4v) is 1.59. The van der Waals surface area contributed by atoms with Crippen LogP contribution in [0.5, 0.6) is 0 Å². The summed E-state index contributed by atoms with van der Waals surface area (Å²) in [7, 11) is 0. The molecule has 2 aromatic carbocycles. The molecule has 2 rings (SSSR count). The molecule has 0 aliphatic rings. The van der Waals surface area contributed by atoms with Crippen LogP contribution in [0.15, 0.2) is 60.7 Å². The average molecular weight is 202 g/mol. The van der Waals surface area contributed by atoms with Crippen molar-refractivity contribution in [2.75, 3.05) is 0 Å². The molecule has 0 radical (unpaired) electrons. The lowest BCUT2D eigenvalue weighted by atomic mass is 10.0. The number of benzene rings is 2. The molecule has 0 aromatic heterocycles. The lowest BCUT2D eigenvalue weighted by Gasteiger charge is -2.01. The van der Waals surface area contributed by atoms with E-state index in [9.17, 15) is 0 Å². The predicted octanol–water partition coefficient (Wildman–Crippen LogP) is 3.85. The van der Waals surface area contributed by atoms with E-state index in [1.54, 1.807) is 0 Å². The van der Waals surface area contributed by atoms with Crippen molar-refractivity contribution in [2.45, 2.75) is 0 Å². The molecule has 14 heavy (non-hydrogen) atoms. The molecular weight excluding hydrogens is 192 g/mol. The first-order valence-corrected chi connectivity index (χ1v) is 4.89. The number of hydrogen-bond donors (Lipinski definition) is 0. The number of halogens is 1. The lowest BCUT2D eigenvalue weighted by molar-refractivity contribution is 1.38. The standard InChI is InChI=1S/C13H10Cl/c14-13(11-7-3-1-4-8-11)12-9-5-2-6-10-12/h1-10H/q+1. The van der Waals surface area contributed by atoms with Crippen LogP contribution in [0.2, 0.25) is 0 Å². The Balaban J connectivity index is 2.30.